The van der Waals surface area contributed by atoms with Crippen LogP contribution in [0.5, 0.6) is 11.5 Å². The number of rotatable bonds is 5. The van der Waals surface area contributed by atoms with Crippen molar-refractivity contribution in [1.29, 1.82) is 0 Å². The molecule has 138 valence electrons. The zero-order chi connectivity index (χ0) is 18.9. The van der Waals surface area contributed by atoms with Crippen LogP contribution in [0.25, 0.3) is 0 Å². The van der Waals surface area contributed by atoms with E-state index in [1.165, 1.54) is 5.56 Å². The molecule has 4 nitrogen and oxygen atoms in total. The third kappa shape index (κ3) is 3.60. The maximum absolute atomic E-state index is 6.11. The average molecular weight is 354 g/mol. The molecule has 0 N–H and O–H groups in total. The summed E-state index contributed by atoms with van der Waals surface area (Å²) in [6.07, 6.45) is 0.789. The number of benzene rings is 2. The van der Waals surface area contributed by atoms with Crippen molar-refractivity contribution in [3.05, 3.63) is 53.6 Å². The summed E-state index contributed by atoms with van der Waals surface area (Å²) in [6, 6.07) is 14.3. The van der Waals surface area contributed by atoms with Gasteiger partial charge in [-0.15, -0.1) is 0 Å². The highest BCUT2D eigenvalue weighted by molar-refractivity contribution is 6.62. The van der Waals surface area contributed by atoms with E-state index in [-0.39, 0.29) is 18.3 Å². The van der Waals surface area contributed by atoms with E-state index in [9.17, 15) is 0 Å². The highest BCUT2D eigenvalue weighted by Crippen LogP contribution is 2.36. The third-order valence-corrected chi connectivity index (χ3v) is 5.39. The van der Waals surface area contributed by atoms with Crippen LogP contribution in [0, 0.1) is 0 Å². The Morgan fingerprint density at radius 3 is 2.00 bits per heavy atom. The van der Waals surface area contributed by atoms with Gasteiger partial charge in [0.25, 0.3) is 0 Å². The fourth-order valence-electron chi connectivity index (χ4n) is 2.99. The molecule has 1 fully saturated rings. The summed E-state index contributed by atoms with van der Waals surface area (Å²) in [5.41, 5.74) is 2.71. The quantitative estimate of drug-likeness (QED) is 0.769. The number of hydrogen-bond acceptors (Lipinski definition) is 4. The van der Waals surface area contributed by atoms with Crippen molar-refractivity contribution in [3.8, 4) is 11.5 Å². The molecule has 0 aliphatic carbocycles. The van der Waals surface area contributed by atoms with Gasteiger partial charge in [0.15, 0.2) is 0 Å². The van der Waals surface area contributed by atoms with Crippen LogP contribution in [0.4, 0.5) is 0 Å². The number of ether oxygens (including phenoxy) is 2. The first-order chi connectivity index (χ1) is 12.3. The lowest BCUT2D eigenvalue weighted by atomic mass is 9.78. The van der Waals surface area contributed by atoms with E-state index < -0.39 is 0 Å². The SMILES string of the molecule is COc1ccc(Cc2ccc(B3OC(C)(C)C(C)(C)O3)cc2)c(OC)c1. The van der Waals surface area contributed by atoms with Crippen LogP contribution < -0.4 is 14.9 Å². The van der Waals surface area contributed by atoms with Gasteiger partial charge in [0, 0.05) is 12.5 Å². The summed E-state index contributed by atoms with van der Waals surface area (Å²) in [5.74, 6) is 1.63. The molecule has 1 saturated heterocycles. The Hall–Kier alpha value is -1.98. The van der Waals surface area contributed by atoms with Gasteiger partial charge in [0.05, 0.1) is 25.4 Å². The Labute approximate surface area is 156 Å². The summed E-state index contributed by atoms with van der Waals surface area (Å²) in [6.45, 7) is 8.27. The molecule has 0 radical (unpaired) electrons. The monoisotopic (exact) mass is 354 g/mol. The molecule has 26 heavy (non-hydrogen) atoms. The van der Waals surface area contributed by atoms with Gasteiger partial charge in [-0.1, -0.05) is 30.3 Å². The molecular weight excluding hydrogens is 327 g/mol. The smallest absolute Gasteiger partial charge is 0.494 e. The highest BCUT2D eigenvalue weighted by Gasteiger charge is 2.51. The molecule has 1 heterocycles. The largest absolute Gasteiger partial charge is 0.497 e. The van der Waals surface area contributed by atoms with E-state index in [1.54, 1.807) is 14.2 Å². The molecule has 0 aromatic heterocycles. The standard InChI is InChI=1S/C21H27BO4/c1-20(2)21(3,4)26-22(25-20)17-10-7-15(8-11-17)13-16-9-12-18(23-5)14-19(16)24-6/h7-12,14H,13H2,1-6H3. The second kappa shape index (κ2) is 6.97. The van der Waals surface area contributed by atoms with E-state index in [0.29, 0.717) is 0 Å². The minimum atomic E-state index is -0.329. The van der Waals surface area contributed by atoms with Gasteiger partial charge >= 0.3 is 7.12 Å². The fourth-order valence-corrected chi connectivity index (χ4v) is 2.99. The molecule has 1 aliphatic rings. The van der Waals surface area contributed by atoms with Crippen molar-refractivity contribution in [2.75, 3.05) is 14.2 Å². The lowest BCUT2D eigenvalue weighted by molar-refractivity contribution is 0.00578. The first-order valence-corrected chi connectivity index (χ1v) is 8.91. The molecule has 0 amide bonds. The van der Waals surface area contributed by atoms with Crippen LogP contribution in [0.1, 0.15) is 38.8 Å². The molecule has 0 saturated carbocycles. The van der Waals surface area contributed by atoms with Crippen LogP contribution in [0.15, 0.2) is 42.5 Å². The van der Waals surface area contributed by atoms with E-state index in [2.05, 4.69) is 52.0 Å². The minimum Gasteiger partial charge on any atom is -0.497 e. The summed E-state index contributed by atoms with van der Waals surface area (Å²) < 4.78 is 23.0. The third-order valence-electron chi connectivity index (χ3n) is 5.39. The topological polar surface area (TPSA) is 36.9 Å². The molecule has 2 aromatic carbocycles. The number of methoxy groups -OCH3 is 2. The summed E-state index contributed by atoms with van der Waals surface area (Å²) in [7, 11) is 3.01. The van der Waals surface area contributed by atoms with Gasteiger partial charge in [0.2, 0.25) is 0 Å². The Morgan fingerprint density at radius 2 is 1.46 bits per heavy atom. The second-order valence-corrected chi connectivity index (χ2v) is 7.68. The Kier molecular flexibility index (Phi) is 5.04. The molecule has 0 spiro atoms. The first-order valence-electron chi connectivity index (χ1n) is 8.91. The Bertz CT molecular complexity index is 752. The van der Waals surface area contributed by atoms with Gasteiger partial charge in [-0.05, 0) is 50.4 Å². The van der Waals surface area contributed by atoms with E-state index in [1.807, 2.05) is 18.2 Å². The summed E-state index contributed by atoms with van der Waals surface area (Å²) in [4.78, 5) is 0. The van der Waals surface area contributed by atoms with Gasteiger partial charge in [0.1, 0.15) is 11.5 Å². The van der Waals surface area contributed by atoms with Gasteiger partial charge in [-0.25, -0.2) is 0 Å². The van der Waals surface area contributed by atoms with Gasteiger partial charge in [-0.3, -0.25) is 0 Å². The molecule has 0 atom stereocenters. The molecule has 0 bridgehead atoms. The normalized spacial score (nSPS) is 18.0. The Morgan fingerprint density at radius 1 is 0.846 bits per heavy atom. The molecule has 1 aliphatic heterocycles. The van der Waals surface area contributed by atoms with Crippen molar-refractivity contribution in [3.63, 3.8) is 0 Å². The van der Waals surface area contributed by atoms with Crippen molar-refractivity contribution in [1.82, 2.24) is 0 Å². The highest BCUT2D eigenvalue weighted by atomic mass is 16.7. The average Bonchev–Trinajstić information content (AvgIpc) is 2.83. The maximum atomic E-state index is 6.11. The van der Waals surface area contributed by atoms with Crippen molar-refractivity contribution in [2.24, 2.45) is 0 Å². The van der Waals surface area contributed by atoms with Gasteiger partial charge in [-0.2, -0.15) is 0 Å². The molecule has 2 aromatic rings. The zero-order valence-electron chi connectivity index (χ0n) is 16.5. The summed E-state index contributed by atoms with van der Waals surface area (Å²) in [5, 5.41) is 0. The predicted octanol–water partition coefficient (Wildman–Crippen LogP) is 3.59. The molecule has 5 heteroatoms. The van der Waals surface area contributed by atoms with Gasteiger partial charge < -0.3 is 18.8 Å². The molecule has 0 unspecified atom stereocenters. The lowest BCUT2D eigenvalue weighted by Gasteiger charge is -2.32. The van der Waals surface area contributed by atoms with Crippen molar-refractivity contribution < 1.29 is 18.8 Å². The van der Waals surface area contributed by atoms with Crippen molar-refractivity contribution in [2.45, 2.75) is 45.3 Å². The van der Waals surface area contributed by atoms with Crippen LogP contribution in [0.3, 0.4) is 0 Å². The second-order valence-electron chi connectivity index (χ2n) is 7.68. The van der Waals surface area contributed by atoms with Crippen LogP contribution in [0.2, 0.25) is 0 Å². The van der Waals surface area contributed by atoms with E-state index in [4.69, 9.17) is 18.8 Å². The van der Waals surface area contributed by atoms with Crippen LogP contribution in [-0.2, 0) is 15.7 Å². The maximum Gasteiger partial charge on any atom is 0.494 e. The van der Waals surface area contributed by atoms with Crippen LogP contribution >= 0.6 is 0 Å². The van der Waals surface area contributed by atoms with E-state index in [0.717, 1.165) is 28.9 Å². The Balaban J connectivity index is 1.75. The lowest BCUT2D eigenvalue weighted by Crippen LogP contribution is -2.41. The first kappa shape index (κ1) is 18.8. The fraction of sp³-hybridized carbons (Fsp3) is 0.429. The minimum absolute atomic E-state index is 0.327. The van der Waals surface area contributed by atoms with Crippen molar-refractivity contribution >= 4 is 12.6 Å². The predicted molar refractivity (Wildman–Crippen MR) is 105 cm³/mol. The van der Waals surface area contributed by atoms with Crippen LogP contribution in [-0.4, -0.2) is 32.5 Å². The van der Waals surface area contributed by atoms with E-state index >= 15 is 0 Å². The summed E-state index contributed by atoms with van der Waals surface area (Å²) >= 11 is 0. The molecule has 3 rings (SSSR count). The zero-order valence-corrected chi connectivity index (χ0v) is 16.5. The number of hydrogen-bond donors (Lipinski definition) is 0. The molecular formula is C21H27BO4.